The third-order valence-corrected chi connectivity index (χ3v) is 5.85. The van der Waals surface area contributed by atoms with Crippen molar-refractivity contribution in [3.8, 4) is 0 Å². The minimum Gasteiger partial charge on any atom is -0.475 e. The molecule has 0 saturated heterocycles. The molecule has 0 rings (SSSR count). The molecule has 0 aliphatic carbocycles. The van der Waals surface area contributed by atoms with Crippen LogP contribution < -0.4 is 10.6 Å². The van der Waals surface area contributed by atoms with Gasteiger partial charge in [-0.1, -0.05) is 97.3 Å². The van der Waals surface area contributed by atoms with E-state index in [1.807, 2.05) is 0 Å². The molecule has 0 bridgehead atoms. The Balaban J connectivity index is 3.55. The monoisotopic (exact) mass is 428 g/mol. The van der Waals surface area contributed by atoms with Crippen LogP contribution in [0.15, 0.2) is 0 Å². The zero-order chi connectivity index (χ0) is 22.0. The fraction of sp³-hybridized carbons (Fsp3) is 0.870. The molecule has 0 amide bonds. The standard InChI is InChI=1S/C23H44N2O3S/c1-4-6-7-8-9-10-11-12-13-14-15-16-17-18-19-24-22(29)25-23(3,5-2)20(26)21(27)28/h4-19H2,1-3H3,(H,27,28)(H2,24,25,29). The summed E-state index contributed by atoms with van der Waals surface area (Å²) in [4.78, 5) is 22.7. The molecule has 0 aromatic carbocycles. The molecule has 1 unspecified atom stereocenters. The van der Waals surface area contributed by atoms with Crippen molar-refractivity contribution in [3.63, 3.8) is 0 Å². The van der Waals surface area contributed by atoms with Crippen LogP contribution in [0, 0.1) is 0 Å². The van der Waals surface area contributed by atoms with Crippen molar-refractivity contribution in [1.29, 1.82) is 0 Å². The highest BCUT2D eigenvalue weighted by molar-refractivity contribution is 7.80. The van der Waals surface area contributed by atoms with Crippen molar-refractivity contribution >= 4 is 29.1 Å². The van der Waals surface area contributed by atoms with Gasteiger partial charge in [0.2, 0.25) is 0 Å². The normalized spacial score (nSPS) is 12.9. The molecule has 0 spiro atoms. The van der Waals surface area contributed by atoms with Gasteiger partial charge in [0.25, 0.3) is 5.78 Å². The highest BCUT2D eigenvalue weighted by atomic mass is 32.1. The number of carboxylic acid groups (broad SMARTS) is 1. The van der Waals surface area contributed by atoms with E-state index in [1.54, 1.807) is 13.8 Å². The Morgan fingerprint density at radius 3 is 1.59 bits per heavy atom. The number of carbonyl (C=O) groups excluding carboxylic acids is 1. The molecule has 170 valence electrons. The van der Waals surface area contributed by atoms with Crippen molar-refractivity contribution in [3.05, 3.63) is 0 Å². The first-order valence-electron chi connectivity index (χ1n) is 11.7. The maximum Gasteiger partial charge on any atom is 0.374 e. The van der Waals surface area contributed by atoms with Crippen LogP contribution in [0.2, 0.25) is 0 Å². The van der Waals surface area contributed by atoms with Crippen molar-refractivity contribution < 1.29 is 14.7 Å². The van der Waals surface area contributed by atoms with Gasteiger partial charge in [0, 0.05) is 6.54 Å². The largest absolute Gasteiger partial charge is 0.475 e. The van der Waals surface area contributed by atoms with E-state index in [9.17, 15) is 9.59 Å². The highest BCUT2D eigenvalue weighted by Gasteiger charge is 2.36. The SMILES string of the molecule is CCCCCCCCCCCCCCCCNC(=S)NC(C)(CC)C(=O)C(=O)O. The number of rotatable bonds is 19. The third kappa shape index (κ3) is 14.5. The number of carboxylic acids is 1. The lowest BCUT2D eigenvalue weighted by Gasteiger charge is -2.27. The Kier molecular flexibility index (Phi) is 17.0. The number of nitrogens with one attached hydrogen (secondary N) is 2. The van der Waals surface area contributed by atoms with Gasteiger partial charge in [-0.15, -0.1) is 0 Å². The van der Waals surface area contributed by atoms with Crippen molar-refractivity contribution in [1.82, 2.24) is 10.6 Å². The zero-order valence-electron chi connectivity index (χ0n) is 19.0. The number of hydrogen-bond donors (Lipinski definition) is 3. The predicted octanol–water partition coefficient (Wildman–Crippen LogP) is 5.75. The topological polar surface area (TPSA) is 78.4 Å². The first kappa shape index (κ1) is 27.8. The second-order valence-corrected chi connectivity index (χ2v) is 8.71. The summed E-state index contributed by atoms with van der Waals surface area (Å²) in [6.45, 7) is 6.34. The van der Waals surface area contributed by atoms with E-state index in [1.165, 1.54) is 77.0 Å². The molecule has 0 aromatic rings. The fourth-order valence-electron chi connectivity index (χ4n) is 3.36. The van der Waals surface area contributed by atoms with Crippen LogP contribution in [0.5, 0.6) is 0 Å². The molecule has 29 heavy (non-hydrogen) atoms. The highest BCUT2D eigenvalue weighted by Crippen LogP contribution is 2.13. The summed E-state index contributed by atoms with van der Waals surface area (Å²) < 4.78 is 0. The number of hydrogen-bond acceptors (Lipinski definition) is 3. The minimum atomic E-state index is -1.43. The lowest BCUT2D eigenvalue weighted by atomic mass is 9.93. The summed E-state index contributed by atoms with van der Waals surface area (Å²) in [5.41, 5.74) is -1.16. The quantitative estimate of drug-likeness (QED) is 0.138. The smallest absolute Gasteiger partial charge is 0.374 e. The number of thiocarbonyl (C=S) groups is 1. The summed E-state index contributed by atoms with van der Waals surface area (Å²) in [5, 5.41) is 15.2. The van der Waals surface area contributed by atoms with Crippen LogP contribution in [-0.4, -0.2) is 34.1 Å². The van der Waals surface area contributed by atoms with Crippen molar-refractivity contribution in [2.45, 2.75) is 123 Å². The zero-order valence-corrected chi connectivity index (χ0v) is 19.8. The van der Waals surface area contributed by atoms with Gasteiger partial charge in [0.15, 0.2) is 5.11 Å². The van der Waals surface area contributed by atoms with Gasteiger partial charge < -0.3 is 15.7 Å². The van der Waals surface area contributed by atoms with E-state index in [-0.39, 0.29) is 0 Å². The van der Waals surface area contributed by atoms with Crippen molar-refractivity contribution in [2.75, 3.05) is 6.54 Å². The first-order chi connectivity index (χ1) is 13.9. The summed E-state index contributed by atoms with van der Waals surface area (Å²) in [5.74, 6) is -2.29. The Labute approximate surface area is 183 Å². The molecule has 0 radical (unpaired) electrons. The maximum atomic E-state index is 11.8. The van der Waals surface area contributed by atoms with Crippen LogP contribution in [0.1, 0.15) is 117 Å². The van der Waals surface area contributed by atoms with Gasteiger partial charge in [0.05, 0.1) is 0 Å². The fourth-order valence-corrected chi connectivity index (χ4v) is 3.69. The number of Topliss-reactive ketones (excluding diaryl/α,β-unsaturated/α-hetero) is 1. The Bertz CT molecular complexity index is 471. The van der Waals surface area contributed by atoms with Gasteiger partial charge in [-0.2, -0.15) is 0 Å². The predicted molar refractivity (Wildman–Crippen MR) is 125 cm³/mol. The van der Waals surface area contributed by atoms with E-state index in [4.69, 9.17) is 17.3 Å². The average molecular weight is 429 g/mol. The van der Waals surface area contributed by atoms with Gasteiger partial charge in [-0.05, 0) is 32.0 Å². The average Bonchev–Trinajstić information content (AvgIpc) is 2.70. The molecule has 6 heteroatoms. The van der Waals surface area contributed by atoms with E-state index >= 15 is 0 Å². The Morgan fingerprint density at radius 1 is 0.793 bits per heavy atom. The van der Waals surface area contributed by atoms with Crippen LogP contribution in [0.25, 0.3) is 0 Å². The maximum absolute atomic E-state index is 11.8. The molecule has 0 aliphatic rings. The molecule has 0 aromatic heterocycles. The number of ketones is 1. The second kappa shape index (κ2) is 17.7. The van der Waals surface area contributed by atoms with Crippen LogP contribution in [-0.2, 0) is 9.59 Å². The van der Waals surface area contributed by atoms with Gasteiger partial charge in [-0.25, -0.2) is 4.79 Å². The Hall–Kier alpha value is -1.17. The molecule has 1 atom stereocenters. The summed E-state index contributed by atoms with van der Waals surface area (Å²) in [6, 6.07) is 0. The lowest BCUT2D eigenvalue weighted by Crippen LogP contribution is -2.56. The van der Waals surface area contributed by atoms with Crippen LogP contribution in [0.4, 0.5) is 0 Å². The van der Waals surface area contributed by atoms with Gasteiger partial charge in [0.1, 0.15) is 5.54 Å². The van der Waals surface area contributed by atoms with Gasteiger partial charge >= 0.3 is 5.97 Å². The van der Waals surface area contributed by atoms with E-state index in [0.29, 0.717) is 11.5 Å². The first-order valence-corrected chi connectivity index (χ1v) is 12.1. The second-order valence-electron chi connectivity index (χ2n) is 8.30. The molecular formula is C23H44N2O3S. The minimum absolute atomic E-state index is 0.346. The van der Waals surface area contributed by atoms with Crippen molar-refractivity contribution in [2.24, 2.45) is 0 Å². The number of carbonyl (C=O) groups is 2. The lowest BCUT2D eigenvalue weighted by molar-refractivity contribution is -0.151. The molecule has 5 nitrogen and oxygen atoms in total. The van der Waals surface area contributed by atoms with Crippen LogP contribution in [0.3, 0.4) is 0 Å². The van der Waals surface area contributed by atoms with E-state index in [2.05, 4.69) is 17.6 Å². The summed E-state index contributed by atoms with van der Waals surface area (Å²) in [6.07, 6.45) is 18.9. The molecular weight excluding hydrogens is 384 g/mol. The molecule has 0 fully saturated rings. The number of aliphatic carboxylic acids is 1. The van der Waals surface area contributed by atoms with E-state index in [0.717, 1.165) is 19.4 Å². The summed E-state index contributed by atoms with van der Waals surface area (Å²) in [7, 11) is 0. The van der Waals surface area contributed by atoms with E-state index < -0.39 is 17.3 Å². The molecule has 0 saturated carbocycles. The summed E-state index contributed by atoms with van der Waals surface area (Å²) >= 11 is 5.21. The molecule has 0 aliphatic heterocycles. The number of unbranched alkanes of at least 4 members (excludes halogenated alkanes) is 13. The molecule has 3 N–H and O–H groups in total. The third-order valence-electron chi connectivity index (χ3n) is 5.61. The van der Waals surface area contributed by atoms with Gasteiger partial charge in [-0.3, -0.25) is 4.79 Å². The molecule has 0 heterocycles. The van der Waals surface area contributed by atoms with Crippen LogP contribution >= 0.6 is 12.2 Å². The Morgan fingerprint density at radius 2 is 1.21 bits per heavy atom.